The van der Waals surface area contributed by atoms with Crippen LogP contribution >= 0.6 is 61.1 Å². The van der Waals surface area contributed by atoms with E-state index in [2.05, 4.69) is 71.7 Å². The maximum absolute atomic E-state index is 12.5. The zero-order valence-corrected chi connectivity index (χ0v) is 19.7. The molecule has 3 aromatic carbocycles. The molecule has 0 spiro atoms. The Morgan fingerprint density at radius 3 is 2.26 bits per heavy atom. The predicted octanol–water partition coefficient (Wildman–Crippen LogP) is 6.16. The van der Waals surface area contributed by atoms with Crippen molar-refractivity contribution in [2.24, 2.45) is 0 Å². The van der Waals surface area contributed by atoms with Crippen LogP contribution in [0.1, 0.15) is 20.7 Å². The first-order valence-electron chi connectivity index (χ1n) is 7.86. The van der Waals surface area contributed by atoms with Crippen molar-refractivity contribution in [1.82, 2.24) is 0 Å². The summed E-state index contributed by atoms with van der Waals surface area (Å²) in [7, 11) is 0. The van der Waals surface area contributed by atoms with Crippen molar-refractivity contribution in [3.8, 4) is 0 Å². The van der Waals surface area contributed by atoms with E-state index in [-0.39, 0.29) is 11.8 Å². The highest BCUT2D eigenvalue weighted by molar-refractivity contribution is 14.1. The van der Waals surface area contributed by atoms with Crippen molar-refractivity contribution in [3.05, 3.63) is 89.5 Å². The standard InChI is InChI=1S/C20H13BrI2N2O2/c21-16-11-14(24-20(27)15-10-13(22)6-8-17(15)23)7-9-18(16)25-19(26)12-4-2-1-3-5-12/h1-11H,(H,24,27)(H,25,26). The Morgan fingerprint density at radius 1 is 0.815 bits per heavy atom. The molecule has 0 bridgehead atoms. The van der Waals surface area contributed by atoms with E-state index in [4.69, 9.17) is 0 Å². The van der Waals surface area contributed by atoms with Gasteiger partial charge in [-0.15, -0.1) is 0 Å². The van der Waals surface area contributed by atoms with Gasteiger partial charge in [-0.25, -0.2) is 0 Å². The zero-order valence-electron chi connectivity index (χ0n) is 13.8. The Hall–Kier alpha value is -1.46. The first kappa shape index (κ1) is 20.3. The fraction of sp³-hybridized carbons (Fsp3) is 0. The van der Waals surface area contributed by atoms with E-state index in [1.165, 1.54) is 0 Å². The number of rotatable bonds is 4. The number of hydrogen-bond acceptors (Lipinski definition) is 2. The molecule has 0 saturated heterocycles. The Balaban J connectivity index is 1.74. The molecule has 0 heterocycles. The van der Waals surface area contributed by atoms with Gasteiger partial charge in [0.25, 0.3) is 11.8 Å². The molecule has 2 amide bonds. The molecule has 0 atom stereocenters. The van der Waals surface area contributed by atoms with Gasteiger partial charge in [0.2, 0.25) is 0 Å². The number of amides is 2. The van der Waals surface area contributed by atoms with Crippen molar-refractivity contribution >= 4 is 84.3 Å². The Labute approximate surface area is 192 Å². The van der Waals surface area contributed by atoms with Gasteiger partial charge in [-0.05, 0) is 110 Å². The van der Waals surface area contributed by atoms with Crippen molar-refractivity contribution in [2.45, 2.75) is 0 Å². The van der Waals surface area contributed by atoms with Gasteiger partial charge in [0.15, 0.2) is 0 Å². The summed E-state index contributed by atoms with van der Waals surface area (Å²) in [5.74, 6) is -0.368. The molecule has 0 unspecified atom stereocenters. The molecule has 2 N–H and O–H groups in total. The number of carbonyl (C=O) groups excluding carboxylic acids is 2. The van der Waals surface area contributed by atoms with Crippen molar-refractivity contribution in [1.29, 1.82) is 0 Å². The van der Waals surface area contributed by atoms with Gasteiger partial charge in [0.1, 0.15) is 0 Å². The smallest absolute Gasteiger partial charge is 0.256 e. The number of anilines is 2. The Morgan fingerprint density at radius 2 is 1.56 bits per heavy atom. The second kappa shape index (κ2) is 9.16. The molecule has 136 valence electrons. The number of carbonyl (C=O) groups is 2. The lowest BCUT2D eigenvalue weighted by atomic mass is 10.2. The summed E-state index contributed by atoms with van der Waals surface area (Å²) >= 11 is 7.78. The topological polar surface area (TPSA) is 58.2 Å². The summed E-state index contributed by atoms with van der Waals surface area (Å²) in [4.78, 5) is 24.8. The van der Waals surface area contributed by atoms with E-state index in [0.29, 0.717) is 27.0 Å². The molecule has 0 aliphatic rings. The first-order chi connectivity index (χ1) is 12.9. The van der Waals surface area contributed by atoms with Gasteiger partial charge in [0, 0.05) is 22.9 Å². The van der Waals surface area contributed by atoms with Crippen LogP contribution < -0.4 is 10.6 Å². The molecule has 0 aromatic heterocycles. The lowest BCUT2D eigenvalue weighted by molar-refractivity contribution is 0.101. The number of benzene rings is 3. The maximum atomic E-state index is 12.5. The quantitative estimate of drug-likeness (QED) is 0.334. The van der Waals surface area contributed by atoms with Gasteiger partial charge in [-0.1, -0.05) is 18.2 Å². The molecule has 0 saturated carbocycles. The third kappa shape index (κ3) is 5.29. The lowest BCUT2D eigenvalue weighted by Gasteiger charge is -2.11. The van der Waals surface area contributed by atoms with Crippen molar-refractivity contribution < 1.29 is 9.59 Å². The van der Waals surface area contributed by atoms with Crippen LogP contribution in [0.3, 0.4) is 0 Å². The number of nitrogens with one attached hydrogen (secondary N) is 2. The molecule has 3 rings (SSSR count). The lowest BCUT2D eigenvalue weighted by Crippen LogP contribution is -2.14. The van der Waals surface area contributed by atoms with E-state index in [1.54, 1.807) is 30.3 Å². The highest BCUT2D eigenvalue weighted by atomic mass is 127. The van der Waals surface area contributed by atoms with Gasteiger partial charge in [0.05, 0.1) is 11.3 Å². The predicted molar refractivity (Wildman–Crippen MR) is 128 cm³/mol. The van der Waals surface area contributed by atoms with Crippen LogP contribution in [0.5, 0.6) is 0 Å². The molecule has 0 radical (unpaired) electrons. The van der Waals surface area contributed by atoms with Crippen LogP contribution in [0.25, 0.3) is 0 Å². The minimum absolute atomic E-state index is 0.175. The van der Waals surface area contributed by atoms with Crippen LogP contribution in [-0.4, -0.2) is 11.8 Å². The van der Waals surface area contributed by atoms with Crippen molar-refractivity contribution in [3.63, 3.8) is 0 Å². The average Bonchev–Trinajstić information content (AvgIpc) is 2.66. The highest BCUT2D eigenvalue weighted by Gasteiger charge is 2.13. The third-order valence-corrected chi connectivity index (χ3v) is 5.95. The third-order valence-electron chi connectivity index (χ3n) is 3.68. The minimum atomic E-state index is -0.193. The SMILES string of the molecule is O=C(Nc1ccc(NC(=O)c2cc(I)ccc2I)cc1Br)c1ccccc1. The van der Waals surface area contributed by atoms with Crippen LogP contribution in [-0.2, 0) is 0 Å². The van der Waals surface area contributed by atoms with E-state index in [9.17, 15) is 9.59 Å². The van der Waals surface area contributed by atoms with Crippen molar-refractivity contribution in [2.75, 3.05) is 10.6 Å². The largest absolute Gasteiger partial charge is 0.322 e. The summed E-state index contributed by atoms with van der Waals surface area (Å²) in [5, 5.41) is 5.74. The fourth-order valence-corrected chi connectivity index (χ4v) is 3.90. The van der Waals surface area contributed by atoms with Gasteiger partial charge in [-0.2, -0.15) is 0 Å². The second-order valence-corrected chi connectivity index (χ2v) is 8.86. The molecule has 0 aliphatic carbocycles. The molecular weight excluding hydrogens is 634 g/mol. The van der Waals surface area contributed by atoms with E-state index in [1.807, 2.05) is 36.4 Å². The molecular formula is C20H13BrI2N2O2. The van der Waals surface area contributed by atoms with Gasteiger partial charge >= 0.3 is 0 Å². The number of halogens is 3. The van der Waals surface area contributed by atoms with Gasteiger partial charge < -0.3 is 10.6 Å². The van der Waals surface area contributed by atoms with Crippen LogP contribution in [0.15, 0.2) is 71.2 Å². The van der Waals surface area contributed by atoms with Crippen LogP contribution in [0, 0.1) is 7.14 Å². The minimum Gasteiger partial charge on any atom is -0.322 e. The van der Waals surface area contributed by atoms with E-state index < -0.39 is 0 Å². The van der Waals surface area contributed by atoms with Crippen LogP contribution in [0.4, 0.5) is 11.4 Å². The first-order valence-corrected chi connectivity index (χ1v) is 10.8. The zero-order chi connectivity index (χ0) is 19.4. The number of hydrogen-bond donors (Lipinski definition) is 2. The summed E-state index contributed by atoms with van der Waals surface area (Å²) in [5.41, 5.74) is 2.47. The summed E-state index contributed by atoms with van der Waals surface area (Å²) in [6.45, 7) is 0. The highest BCUT2D eigenvalue weighted by Crippen LogP contribution is 2.27. The second-order valence-electron chi connectivity index (χ2n) is 5.59. The van der Waals surface area contributed by atoms with E-state index in [0.717, 1.165) is 7.14 Å². The molecule has 4 nitrogen and oxygen atoms in total. The molecule has 0 fully saturated rings. The Kier molecular flexibility index (Phi) is 6.88. The molecule has 0 aliphatic heterocycles. The van der Waals surface area contributed by atoms with E-state index >= 15 is 0 Å². The molecule has 27 heavy (non-hydrogen) atoms. The molecule has 7 heteroatoms. The maximum Gasteiger partial charge on any atom is 0.256 e. The summed E-state index contributed by atoms with van der Waals surface area (Å²) < 4.78 is 2.57. The normalized spacial score (nSPS) is 10.3. The molecule has 3 aromatic rings. The summed E-state index contributed by atoms with van der Waals surface area (Å²) in [6.07, 6.45) is 0. The fourth-order valence-electron chi connectivity index (χ4n) is 2.35. The summed E-state index contributed by atoms with van der Waals surface area (Å²) in [6, 6.07) is 20.0. The Bertz CT molecular complexity index is 1010. The average molecular weight is 647 g/mol. The van der Waals surface area contributed by atoms with Crippen LogP contribution in [0.2, 0.25) is 0 Å². The van der Waals surface area contributed by atoms with Gasteiger partial charge in [-0.3, -0.25) is 9.59 Å². The monoisotopic (exact) mass is 646 g/mol.